The monoisotopic (exact) mass is 660 g/mol. The van der Waals surface area contributed by atoms with Gasteiger partial charge in [-0.05, 0) is 24.3 Å². The van der Waals surface area contributed by atoms with Gasteiger partial charge in [-0.1, -0.05) is 67.8 Å². The van der Waals surface area contributed by atoms with Crippen LogP contribution in [0.5, 0.6) is 0 Å². The first-order chi connectivity index (χ1) is 21.4. The number of carbonyl (C=O) groups excluding carboxylic acids is 3. The number of aliphatic hydroxyl groups is 2. The number of ether oxygens (including phenoxy) is 3. The molecule has 2 N–H and O–H groups in total. The van der Waals surface area contributed by atoms with E-state index in [1.54, 1.807) is 48.6 Å². The number of allylic oxidation sites excluding steroid dienone is 4. The zero-order chi connectivity index (χ0) is 34.5. The largest absolute Gasteiger partial charge is 0.523 e. The summed E-state index contributed by atoms with van der Waals surface area (Å²) >= 11 is 0. The van der Waals surface area contributed by atoms with Crippen molar-refractivity contribution in [1.82, 2.24) is 0 Å². The molecule has 15 heteroatoms. The van der Waals surface area contributed by atoms with Crippen LogP contribution in [0.3, 0.4) is 0 Å². The fraction of sp³-hybridized carbons (Fsp3) is 0.300. The van der Waals surface area contributed by atoms with E-state index in [2.05, 4.69) is 17.3 Å². The normalized spacial score (nSPS) is 17.7. The molecule has 1 fully saturated rings. The summed E-state index contributed by atoms with van der Waals surface area (Å²) < 4.78 is 82.3. The van der Waals surface area contributed by atoms with Gasteiger partial charge in [-0.15, -0.1) is 0 Å². The zero-order valence-electron chi connectivity index (χ0n) is 24.5. The summed E-state index contributed by atoms with van der Waals surface area (Å²) in [7, 11) is -4.07. The molecule has 248 valence electrons. The number of alkyl halides is 3. The molecular weight excluding hydrogens is 625 g/mol. The molecule has 0 saturated carbocycles. The van der Waals surface area contributed by atoms with Gasteiger partial charge >= 0.3 is 27.6 Å². The molecule has 0 spiro atoms. The number of hydrogen-bond acceptors (Lipinski definition) is 11. The number of esters is 2. The second kappa shape index (κ2) is 21.5. The van der Waals surface area contributed by atoms with Crippen LogP contribution in [-0.2, 0) is 33.3 Å². The second-order valence-electron chi connectivity index (χ2n) is 8.16. The fourth-order valence-electron chi connectivity index (χ4n) is 3.31. The van der Waals surface area contributed by atoms with E-state index < -0.39 is 52.5 Å². The highest BCUT2D eigenvalue weighted by Crippen LogP contribution is 2.31. The Labute approximate surface area is 259 Å². The number of hydrogen-bond donors (Lipinski definition) is 2. The number of aldehydes is 1. The highest BCUT2D eigenvalue weighted by atomic mass is 32.2. The van der Waals surface area contributed by atoms with E-state index in [0.717, 1.165) is 20.5 Å². The van der Waals surface area contributed by atoms with Crippen molar-refractivity contribution in [2.75, 3.05) is 27.4 Å². The van der Waals surface area contributed by atoms with Crippen LogP contribution in [0.2, 0.25) is 0 Å². The molecule has 3 unspecified atom stereocenters. The van der Waals surface area contributed by atoms with Crippen LogP contribution in [0.1, 0.15) is 27.1 Å². The summed E-state index contributed by atoms with van der Waals surface area (Å²) in [5.74, 6) is -1.69. The molecule has 1 saturated heterocycles. The topological polar surface area (TPSA) is 163 Å². The third-order valence-corrected chi connectivity index (χ3v) is 6.37. The standard InChI is InChI=1S/C21H19F3O8S.C7H8O.2CH4O/c22-21(23,24)33(27,28)32-18-16(31-20(26)15-9-5-2-6-10-15)11-12-29-17(18)13-30-19(25)14-7-3-1-4-8-14;1-3-5-7(4-2)6-8;2*1-2/h1-10,16-18H,11-13H2;3-6H,1-2H2;2*2H,1H3/b;7-5+;;. The average molecular weight is 661 g/mol. The molecule has 1 heterocycles. The first kappa shape index (κ1) is 40.9. The van der Waals surface area contributed by atoms with Crippen LogP contribution in [0.25, 0.3) is 0 Å². The molecule has 2 aromatic rings. The van der Waals surface area contributed by atoms with Crippen LogP contribution in [-0.4, -0.2) is 88.1 Å². The van der Waals surface area contributed by atoms with Crippen molar-refractivity contribution in [2.24, 2.45) is 0 Å². The lowest BCUT2D eigenvalue weighted by molar-refractivity contribution is -0.146. The van der Waals surface area contributed by atoms with Crippen molar-refractivity contribution in [3.05, 3.63) is 109 Å². The third-order valence-electron chi connectivity index (χ3n) is 5.33. The molecule has 0 aromatic heterocycles. The second-order valence-corrected chi connectivity index (χ2v) is 9.72. The van der Waals surface area contributed by atoms with Crippen molar-refractivity contribution >= 4 is 28.3 Å². The highest BCUT2D eigenvalue weighted by molar-refractivity contribution is 7.87. The Balaban J connectivity index is 0.00000139. The molecule has 1 aliphatic rings. The molecule has 1 aliphatic heterocycles. The molecule has 11 nitrogen and oxygen atoms in total. The smallest absolute Gasteiger partial charge is 0.459 e. The number of benzene rings is 2. The number of rotatable bonds is 10. The average Bonchev–Trinajstić information content (AvgIpc) is 3.06. The van der Waals surface area contributed by atoms with Crippen molar-refractivity contribution in [1.29, 1.82) is 0 Å². The van der Waals surface area contributed by atoms with E-state index >= 15 is 0 Å². The lowest BCUT2D eigenvalue weighted by atomic mass is 10.0. The van der Waals surface area contributed by atoms with E-state index in [-0.39, 0.29) is 24.2 Å². The Morgan fingerprint density at radius 3 is 1.89 bits per heavy atom. The van der Waals surface area contributed by atoms with E-state index in [0.29, 0.717) is 5.57 Å². The number of halogens is 3. The molecule has 45 heavy (non-hydrogen) atoms. The molecule has 0 bridgehead atoms. The number of carbonyl (C=O) groups is 3. The van der Waals surface area contributed by atoms with Gasteiger partial charge in [0.1, 0.15) is 31.2 Å². The summed E-state index contributed by atoms with van der Waals surface area (Å²) in [6.45, 7) is 6.08. The van der Waals surface area contributed by atoms with Crippen LogP contribution >= 0.6 is 0 Å². The van der Waals surface area contributed by atoms with Crippen molar-refractivity contribution in [3.8, 4) is 0 Å². The molecule has 3 atom stereocenters. The fourth-order valence-corrected chi connectivity index (χ4v) is 3.96. The summed E-state index contributed by atoms with van der Waals surface area (Å²) in [4.78, 5) is 34.5. The Bertz CT molecular complexity index is 1320. The lowest BCUT2D eigenvalue weighted by Crippen LogP contribution is -2.52. The van der Waals surface area contributed by atoms with Gasteiger partial charge in [-0.3, -0.25) is 8.98 Å². The van der Waals surface area contributed by atoms with Crippen molar-refractivity contribution in [2.45, 2.75) is 30.2 Å². The Morgan fingerprint density at radius 1 is 0.956 bits per heavy atom. The van der Waals surface area contributed by atoms with Crippen LogP contribution in [0.15, 0.2) is 97.6 Å². The lowest BCUT2D eigenvalue weighted by Gasteiger charge is -2.36. The van der Waals surface area contributed by atoms with Gasteiger partial charge in [0.15, 0.2) is 0 Å². The maximum absolute atomic E-state index is 13.0. The molecule has 3 rings (SSSR count). The minimum atomic E-state index is -6.07. The molecule has 0 amide bonds. The molecule has 2 aromatic carbocycles. The van der Waals surface area contributed by atoms with E-state index in [4.69, 9.17) is 24.4 Å². The van der Waals surface area contributed by atoms with Gasteiger partial charge in [0.25, 0.3) is 0 Å². The maximum Gasteiger partial charge on any atom is 0.523 e. The minimum absolute atomic E-state index is 0.105. The van der Waals surface area contributed by atoms with Gasteiger partial charge in [0.05, 0.1) is 17.7 Å². The molecule has 0 radical (unpaired) electrons. The van der Waals surface area contributed by atoms with Gasteiger partial charge in [0, 0.05) is 26.2 Å². The van der Waals surface area contributed by atoms with Crippen LogP contribution in [0.4, 0.5) is 13.2 Å². The highest BCUT2D eigenvalue weighted by Gasteiger charge is 2.52. The zero-order valence-corrected chi connectivity index (χ0v) is 25.3. The van der Waals surface area contributed by atoms with E-state index in [9.17, 15) is 36.0 Å². The predicted molar refractivity (Wildman–Crippen MR) is 157 cm³/mol. The molecular formula is C30H35F3O11S. The van der Waals surface area contributed by atoms with Gasteiger partial charge in [0.2, 0.25) is 0 Å². The Hall–Kier alpha value is -4.15. The summed E-state index contributed by atoms with van der Waals surface area (Å²) in [5.41, 5.74) is -4.89. The maximum atomic E-state index is 13.0. The van der Waals surface area contributed by atoms with Gasteiger partial charge < -0.3 is 24.4 Å². The summed E-state index contributed by atoms with van der Waals surface area (Å²) in [6, 6.07) is 15.3. The van der Waals surface area contributed by atoms with Gasteiger partial charge in [-0.25, -0.2) is 9.59 Å². The molecule has 0 aliphatic carbocycles. The van der Waals surface area contributed by atoms with E-state index in [1.807, 2.05) is 0 Å². The Kier molecular flexibility index (Phi) is 19.5. The van der Waals surface area contributed by atoms with Crippen LogP contribution < -0.4 is 0 Å². The summed E-state index contributed by atoms with van der Waals surface area (Å²) in [5, 5.41) is 14.0. The first-order valence-corrected chi connectivity index (χ1v) is 14.2. The SMILES string of the molecule is C=C/C=C(\C=C)C=O.CO.CO.O=C(OCC1OCCC(OC(=O)c2ccccc2)C1OS(=O)(=O)C(F)(F)F)c1ccccc1. The summed E-state index contributed by atoms with van der Waals surface area (Å²) in [6.07, 6.45) is 0.455. The van der Waals surface area contributed by atoms with Crippen molar-refractivity contribution < 1.29 is 64.6 Å². The van der Waals surface area contributed by atoms with Gasteiger partial charge in [-0.2, -0.15) is 21.6 Å². The number of aliphatic hydroxyl groups excluding tert-OH is 2. The third kappa shape index (κ3) is 14.0. The minimum Gasteiger partial charge on any atom is -0.459 e. The van der Waals surface area contributed by atoms with Crippen molar-refractivity contribution in [3.63, 3.8) is 0 Å². The Morgan fingerprint density at radius 2 is 1.47 bits per heavy atom. The first-order valence-electron chi connectivity index (χ1n) is 12.8. The predicted octanol–water partition coefficient (Wildman–Crippen LogP) is 3.79. The quantitative estimate of drug-likeness (QED) is 0.0952. The van der Waals surface area contributed by atoms with Crippen LogP contribution in [0, 0.1) is 0 Å². The van der Waals surface area contributed by atoms with E-state index in [1.165, 1.54) is 30.3 Å².